The first-order valence-electron chi connectivity index (χ1n) is 8.59. The summed E-state index contributed by atoms with van der Waals surface area (Å²) in [5.74, 6) is -1.17. The maximum atomic E-state index is 13.3. The number of anilines is 1. The SMILES string of the molecule is O=C(O)[C@@H]1Cc2ccccc2N1S(=O)(=O)c1ccc(-c2cccc(Cl)c2)cc1. The third-order valence-corrected chi connectivity index (χ3v) is 6.85. The minimum absolute atomic E-state index is 0.0428. The molecule has 0 aromatic heterocycles. The van der Waals surface area contributed by atoms with Crippen LogP contribution >= 0.6 is 11.6 Å². The normalized spacial score (nSPS) is 16.0. The van der Waals surface area contributed by atoms with Crippen LogP contribution in [0.25, 0.3) is 11.1 Å². The van der Waals surface area contributed by atoms with Crippen molar-refractivity contribution in [2.75, 3.05) is 4.31 Å². The zero-order chi connectivity index (χ0) is 19.9. The Morgan fingerprint density at radius 2 is 1.68 bits per heavy atom. The number of carboxylic acid groups (broad SMARTS) is 1. The van der Waals surface area contributed by atoms with E-state index in [1.165, 1.54) is 12.1 Å². The molecule has 1 atom stereocenters. The Bertz CT molecular complexity index is 1160. The maximum absolute atomic E-state index is 13.3. The number of halogens is 1. The Kier molecular flexibility index (Phi) is 4.61. The molecule has 5 nitrogen and oxygen atoms in total. The second-order valence-electron chi connectivity index (χ2n) is 6.52. The van der Waals surface area contributed by atoms with E-state index in [1.54, 1.807) is 48.5 Å². The van der Waals surface area contributed by atoms with Crippen molar-refractivity contribution in [2.45, 2.75) is 17.4 Å². The minimum Gasteiger partial charge on any atom is -0.480 e. The van der Waals surface area contributed by atoms with Crippen LogP contribution in [0.1, 0.15) is 5.56 Å². The van der Waals surface area contributed by atoms with Gasteiger partial charge in [-0.05, 0) is 47.0 Å². The molecule has 3 aromatic rings. The van der Waals surface area contributed by atoms with Gasteiger partial charge in [-0.1, -0.05) is 54.1 Å². The Labute approximate surface area is 167 Å². The van der Waals surface area contributed by atoms with Gasteiger partial charge in [0.05, 0.1) is 10.6 Å². The number of para-hydroxylation sites is 1. The van der Waals surface area contributed by atoms with Crippen LogP contribution in [0, 0.1) is 0 Å². The number of rotatable bonds is 4. The molecule has 1 heterocycles. The summed E-state index contributed by atoms with van der Waals surface area (Å²) in [6, 6.07) is 19.3. The predicted octanol–water partition coefficient (Wildman–Crippen LogP) is 4.21. The smallest absolute Gasteiger partial charge is 0.327 e. The third-order valence-electron chi connectivity index (χ3n) is 4.78. The van der Waals surface area contributed by atoms with Gasteiger partial charge in [-0.3, -0.25) is 4.31 Å². The van der Waals surface area contributed by atoms with Crippen molar-refractivity contribution in [2.24, 2.45) is 0 Å². The van der Waals surface area contributed by atoms with Crippen LogP contribution in [0.4, 0.5) is 5.69 Å². The van der Waals surface area contributed by atoms with E-state index in [-0.39, 0.29) is 11.3 Å². The van der Waals surface area contributed by atoms with Crippen LogP contribution in [-0.4, -0.2) is 25.5 Å². The molecule has 3 aromatic carbocycles. The van der Waals surface area contributed by atoms with Crippen molar-refractivity contribution in [3.63, 3.8) is 0 Å². The molecule has 1 aliphatic heterocycles. The largest absolute Gasteiger partial charge is 0.480 e. The van der Waals surface area contributed by atoms with Crippen molar-refractivity contribution < 1.29 is 18.3 Å². The standard InChI is InChI=1S/C21H16ClNO4S/c22-17-6-3-5-15(12-17)14-8-10-18(11-9-14)28(26,27)23-19-7-2-1-4-16(19)13-20(23)21(24)25/h1-12,20H,13H2,(H,24,25)/t20-/m0/s1. The van der Waals surface area contributed by atoms with Crippen LogP contribution in [-0.2, 0) is 21.2 Å². The van der Waals surface area contributed by atoms with Gasteiger partial charge in [-0.2, -0.15) is 0 Å². The number of fused-ring (bicyclic) bond motifs is 1. The van der Waals surface area contributed by atoms with Gasteiger partial charge in [-0.25, -0.2) is 13.2 Å². The molecule has 0 aliphatic carbocycles. The summed E-state index contributed by atoms with van der Waals surface area (Å²) in [5.41, 5.74) is 2.80. The van der Waals surface area contributed by atoms with Gasteiger partial charge >= 0.3 is 5.97 Å². The zero-order valence-corrected chi connectivity index (χ0v) is 16.2. The molecule has 0 saturated heterocycles. The molecule has 1 N–H and O–H groups in total. The highest BCUT2D eigenvalue weighted by atomic mass is 35.5. The van der Waals surface area contributed by atoms with E-state index < -0.39 is 22.0 Å². The number of sulfonamides is 1. The molecule has 4 rings (SSSR count). The molecule has 0 unspecified atom stereocenters. The molecule has 0 bridgehead atoms. The lowest BCUT2D eigenvalue weighted by atomic mass is 10.1. The summed E-state index contributed by atoms with van der Waals surface area (Å²) in [7, 11) is -4.03. The van der Waals surface area contributed by atoms with Crippen molar-refractivity contribution in [3.8, 4) is 11.1 Å². The average molecular weight is 414 g/mol. The maximum Gasteiger partial charge on any atom is 0.327 e. The summed E-state index contributed by atoms with van der Waals surface area (Å²) in [4.78, 5) is 11.8. The van der Waals surface area contributed by atoms with E-state index in [4.69, 9.17) is 11.6 Å². The fraction of sp³-hybridized carbons (Fsp3) is 0.0952. The lowest BCUT2D eigenvalue weighted by Crippen LogP contribution is -2.42. The van der Waals surface area contributed by atoms with Gasteiger partial charge in [-0.15, -0.1) is 0 Å². The average Bonchev–Trinajstić information content (AvgIpc) is 3.09. The highest BCUT2D eigenvalue weighted by molar-refractivity contribution is 7.93. The van der Waals surface area contributed by atoms with E-state index in [2.05, 4.69) is 0 Å². The van der Waals surface area contributed by atoms with E-state index in [9.17, 15) is 18.3 Å². The number of benzene rings is 3. The van der Waals surface area contributed by atoms with Crippen LogP contribution in [0.3, 0.4) is 0 Å². The molecule has 7 heteroatoms. The molecule has 0 fully saturated rings. The zero-order valence-electron chi connectivity index (χ0n) is 14.6. The van der Waals surface area contributed by atoms with Crippen LogP contribution < -0.4 is 4.31 Å². The Morgan fingerprint density at radius 1 is 0.964 bits per heavy atom. The molecular formula is C21H16ClNO4S. The fourth-order valence-electron chi connectivity index (χ4n) is 3.44. The van der Waals surface area contributed by atoms with Gasteiger partial charge in [0.15, 0.2) is 0 Å². The van der Waals surface area contributed by atoms with E-state index in [1.807, 2.05) is 12.1 Å². The monoisotopic (exact) mass is 413 g/mol. The second kappa shape index (κ2) is 6.96. The molecule has 142 valence electrons. The lowest BCUT2D eigenvalue weighted by Gasteiger charge is -2.24. The van der Waals surface area contributed by atoms with Crippen LogP contribution in [0.15, 0.2) is 77.7 Å². The van der Waals surface area contributed by atoms with Gasteiger partial charge in [0.2, 0.25) is 0 Å². The highest BCUT2D eigenvalue weighted by Crippen LogP contribution is 2.37. The minimum atomic E-state index is -4.03. The van der Waals surface area contributed by atoms with Crippen molar-refractivity contribution in [1.29, 1.82) is 0 Å². The van der Waals surface area contributed by atoms with Crippen molar-refractivity contribution in [1.82, 2.24) is 0 Å². The van der Waals surface area contributed by atoms with E-state index in [0.717, 1.165) is 15.4 Å². The summed E-state index contributed by atoms with van der Waals surface area (Å²) < 4.78 is 27.5. The van der Waals surface area contributed by atoms with Gasteiger partial charge in [0, 0.05) is 11.4 Å². The molecule has 1 aliphatic rings. The second-order valence-corrected chi connectivity index (χ2v) is 8.77. The van der Waals surface area contributed by atoms with Gasteiger partial charge in [0.1, 0.15) is 6.04 Å². The number of nitrogens with zero attached hydrogens (tertiary/aromatic N) is 1. The first-order valence-corrected chi connectivity index (χ1v) is 10.4. The summed E-state index contributed by atoms with van der Waals surface area (Å²) >= 11 is 6.02. The number of carboxylic acids is 1. The van der Waals surface area contributed by atoms with Gasteiger partial charge < -0.3 is 5.11 Å². The van der Waals surface area contributed by atoms with Gasteiger partial charge in [0.25, 0.3) is 10.0 Å². The Balaban J connectivity index is 1.74. The highest BCUT2D eigenvalue weighted by Gasteiger charge is 2.42. The van der Waals surface area contributed by atoms with E-state index in [0.29, 0.717) is 16.3 Å². The first kappa shape index (κ1) is 18.5. The molecule has 0 amide bonds. The lowest BCUT2D eigenvalue weighted by molar-refractivity contribution is -0.138. The summed E-state index contributed by atoms with van der Waals surface area (Å²) in [6.07, 6.45) is 0.144. The number of hydrogen-bond acceptors (Lipinski definition) is 3. The Hall–Kier alpha value is -2.83. The number of hydrogen-bond donors (Lipinski definition) is 1. The van der Waals surface area contributed by atoms with Crippen LogP contribution in [0.5, 0.6) is 0 Å². The molecule has 0 radical (unpaired) electrons. The van der Waals surface area contributed by atoms with Crippen molar-refractivity contribution in [3.05, 3.63) is 83.4 Å². The van der Waals surface area contributed by atoms with E-state index >= 15 is 0 Å². The predicted molar refractivity (Wildman–Crippen MR) is 108 cm³/mol. The number of carbonyl (C=O) groups is 1. The fourth-order valence-corrected chi connectivity index (χ4v) is 5.28. The van der Waals surface area contributed by atoms with Crippen molar-refractivity contribution >= 4 is 33.3 Å². The number of aliphatic carboxylic acids is 1. The summed E-state index contributed by atoms with van der Waals surface area (Å²) in [5, 5.41) is 10.2. The summed E-state index contributed by atoms with van der Waals surface area (Å²) in [6.45, 7) is 0. The third kappa shape index (κ3) is 3.15. The molecule has 0 spiro atoms. The molecular weight excluding hydrogens is 398 g/mol. The quantitative estimate of drug-likeness (QED) is 0.695. The molecule has 28 heavy (non-hydrogen) atoms. The Morgan fingerprint density at radius 3 is 2.36 bits per heavy atom. The van der Waals surface area contributed by atoms with Crippen LogP contribution in [0.2, 0.25) is 5.02 Å². The topological polar surface area (TPSA) is 74.7 Å². The molecule has 0 saturated carbocycles. The first-order chi connectivity index (χ1) is 13.4.